The number of hydrogen-bond donors (Lipinski definition) is 2. The van der Waals surface area contributed by atoms with Gasteiger partial charge in [0.25, 0.3) is 5.91 Å². The molecule has 1 aromatic carbocycles. The number of fused-ring (bicyclic) bond motifs is 2. The smallest absolute Gasteiger partial charge is 0.258 e. The first-order chi connectivity index (χ1) is 15.1. The minimum Gasteiger partial charge on any atom is -0.458 e. The van der Waals surface area contributed by atoms with Gasteiger partial charge in [-0.3, -0.25) is 4.79 Å². The number of H-pyrrole nitrogens is 1. The third-order valence-corrected chi connectivity index (χ3v) is 5.81. The lowest BCUT2D eigenvalue weighted by molar-refractivity contribution is -0.127. The van der Waals surface area contributed by atoms with Crippen molar-refractivity contribution in [2.75, 3.05) is 6.54 Å². The molecule has 5 rings (SSSR count). The molecule has 7 nitrogen and oxygen atoms in total. The lowest BCUT2D eigenvalue weighted by Gasteiger charge is -2.34. The van der Waals surface area contributed by atoms with Gasteiger partial charge in [-0.05, 0) is 46.3 Å². The molecule has 0 aliphatic carbocycles. The molecule has 0 saturated heterocycles. The molecule has 1 amide bonds. The quantitative estimate of drug-likeness (QED) is 0.341. The first-order valence-electron chi connectivity index (χ1n) is 9.62. The Bertz CT molecular complexity index is 1330. The third-order valence-electron chi connectivity index (χ3n) is 5.37. The molecular weight excluding hydrogens is 465 g/mol. The molecular formula is C22H17BrFN5O2. The van der Waals surface area contributed by atoms with Crippen molar-refractivity contribution in [2.24, 2.45) is 5.73 Å². The predicted octanol–water partition coefficient (Wildman–Crippen LogP) is 3.93. The second-order valence-electron chi connectivity index (χ2n) is 7.14. The second-order valence-corrected chi connectivity index (χ2v) is 7.96. The average Bonchev–Trinajstić information content (AvgIpc) is 3.41. The van der Waals surface area contributed by atoms with Gasteiger partial charge in [0.05, 0.1) is 28.7 Å². The standard InChI is InChI=1S/C22H17BrFN5O2/c23-19-6-2-4-15(28-19)13(10-25)22(30)29-8-7-16-20(27-11-26-16)21(29)18-9-12-14(24)3-1-5-17(12)31-18/h1-6,9-11,21H,7-8,25H2,(H,26,27)/b13-10+. The number of nitrogens with two attached hydrogens (primary N) is 1. The van der Waals surface area contributed by atoms with E-state index >= 15 is 0 Å². The molecule has 156 valence electrons. The van der Waals surface area contributed by atoms with Gasteiger partial charge in [-0.1, -0.05) is 12.1 Å². The Kier molecular flexibility index (Phi) is 4.82. The summed E-state index contributed by atoms with van der Waals surface area (Å²) in [7, 11) is 0. The van der Waals surface area contributed by atoms with Crippen molar-refractivity contribution < 1.29 is 13.6 Å². The summed E-state index contributed by atoms with van der Waals surface area (Å²) in [6.07, 6.45) is 3.44. The molecule has 1 atom stereocenters. The maximum atomic E-state index is 14.3. The molecule has 3 aromatic heterocycles. The van der Waals surface area contributed by atoms with Gasteiger partial charge >= 0.3 is 0 Å². The van der Waals surface area contributed by atoms with Crippen molar-refractivity contribution in [3.8, 4) is 0 Å². The number of hydrogen-bond acceptors (Lipinski definition) is 5. The van der Waals surface area contributed by atoms with Gasteiger partial charge in [-0.2, -0.15) is 0 Å². The number of aromatic amines is 1. The Balaban J connectivity index is 1.61. The van der Waals surface area contributed by atoms with Crippen molar-refractivity contribution >= 4 is 38.4 Å². The van der Waals surface area contributed by atoms with E-state index in [0.29, 0.717) is 45.7 Å². The maximum absolute atomic E-state index is 14.3. The minimum absolute atomic E-state index is 0.257. The summed E-state index contributed by atoms with van der Waals surface area (Å²) in [5.74, 6) is -0.267. The Hall–Kier alpha value is -3.46. The van der Waals surface area contributed by atoms with Crippen molar-refractivity contribution in [3.05, 3.63) is 88.3 Å². The van der Waals surface area contributed by atoms with Crippen LogP contribution in [-0.4, -0.2) is 32.3 Å². The van der Waals surface area contributed by atoms with E-state index in [9.17, 15) is 9.18 Å². The van der Waals surface area contributed by atoms with Crippen molar-refractivity contribution in [1.29, 1.82) is 0 Å². The van der Waals surface area contributed by atoms with Gasteiger partial charge in [-0.25, -0.2) is 14.4 Å². The Morgan fingerprint density at radius 2 is 2.16 bits per heavy atom. The SMILES string of the molecule is N/C=C(/C(=O)N1CCc2[nH]cnc2C1c1cc2c(F)cccc2o1)c1cccc(Br)n1. The zero-order valence-electron chi connectivity index (χ0n) is 16.2. The van der Waals surface area contributed by atoms with E-state index in [1.807, 2.05) is 0 Å². The summed E-state index contributed by atoms with van der Waals surface area (Å²) in [6.45, 7) is 0.406. The number of aromatic nitrogens is 3. The summed E-state index contributed by atoms with van der Waals surface area (Å²) >= 11 is 3.33. The number of furan rings is 1. The van der Waals surface area contributed by atoms with Crippen molar-refractivity contribution in [3.63, 3.8) is 0 Å². The number of carbonyl (C=O) groups excluding carboxylic acids is 1. The molecule has 1 aliphatic rings. The highest BCUT2D eigenvalue weighted by Crippen LogP contribution is 2.38. The number of halogens is 2. The third kappa shape index (κ3) is 3.31. The fraction of sp³-hybridized carbons (Fsp3) is 0.136. The van der Waals surface area contributed by atoms with Crippen LogP contribution in [0.25, 0.3) is 16.5 Å². The molecule has 4 aromatic rings. The minimum atomic E-state index is -0.628. The van der Waals surface area contributed by atoms with Crippen LogP contribution in [0.3, 0.4) is 0 Å². The summed E-state index contributed by atoms with van der Waals surface area (Å²) in [5.41, 5.74) is 8.53. The number of rotatable bonds is 3. The summed E-state index contributed by atoms with van der Waals surface area (Å²) < 4.78 is 20.9. The lowest BCUT2D eigenvalue weighted by Crippen LogP contribution is -2.41. The zero-order chi connectivity index (χ0) is 21.5. The summed E-state index contributed by atoms with van der Waals surface area (Å²) in [6, 6.07) is 10.9. The molecule has 0 radical (unpaired) electrons. The number of nitrogens with one attached hydrogen (secondary N) is 1. The van der Waals surface area contributed by atoms with Crippen LogP contribution in [-0.2, 0) is 11.2 Å². The summed E-state index contributed by atoms with van der Waals surface area (Å²) in [4.78, 5) is 27.2. The van der Waals surface area contributed by atoms with Crippen LogP contribution in [0.5, 0.6) is 0 Å². The molecule has 9 heteroatoms. The molecule has 3 N–H and O–H groups in total. The van der Waals surface area contributed by atoms with Crippen LogP contribution in [0.15, 0.2) is 64.0 Å². The van der Waals surface area contributed by atoms with E-state index in [4.69, 9.17) is 10.2 Å². The van der Waals surface area contributed by atoms with Crippen LogP contribution in [0.1, 0.15) is 28.9 Å². The Morgan fingerprint density at radius 3 is 2.94 bits per heavy atom. The second kappa shape index (κ2) is 7.66. The van der Waals surface area contributed by atoms with Gasteiger partial charge in [-0.15, -0.1) is 0 Å². The molecule has 0 spiro atoms. The highest BCUT2D eigenvalue weighted by molar-refractivity contribution is 9.10. The number of benzene rings is 1. The molecule has 31 heavy (non-hydrogen) atoms. The van der Waals surface area contributed by atoms with Gasteiger partial charge in [0.15, 0.2) is 0 Å². The van der Waals surface area contributed by atoms with Crippen LogP contribution in [0, 0.1) is 5.82 Å². The fourth-order valence-electron chi connectivity index (χ4n) is 3.94. The largest absolute Gasteiger partial charge is 0.458 e. The van der Waals surface area contributed by atoms with Crippen LogP contribution in [0.4, 0.5) is 4.39 Å². The molecule has 0 saturated carbocycles. The van der Waals surface area contributed by atoms with Gasteiger partial charge in [0.1, 0.15) is 27.8 Å². The zero-order valence-corrected chi connectivity index (χ0v) is 17.8. The van der Waals surface area contributed by atoms with Crippen molar-refractivity contribution in [1.82, 2.24) is 19.9 Å². The normalized spacial score (nSPS) is 16.5. The monoisotopic (exact) mass is 481 g/mol. The van der Waals surface area contributed by atoms with Crippen LogP contribution >= 0.6 is 15.9 Å². The number of imidazole rings is 1. The van der Waals surface area contributed by atoms with Gasteiger partial charge < -0.3 is 20.0 Å². The first-order valence-corrected chi connectivity index (χ1v) is 10.4. The number of nitrogens with zero attached hydrogens (tertiary/aromatic N) is 3. The molecule has 0 fully saturated rings. The number of pyridine rings is 1. The van der Waals surface area contributed by atoms with Gasteiger partial charge in [0.2, 0.25) is 0 Å². The van der Waals surface area contributed by atoms with E-state index in [1.165, 1.54) is 12.3 Å². The molecule has 1 unspecified atom stereocenters. The molecule has 1 aliphatic heterocycles. The fourth-order valence-corrected chi connectivity index (χ4v) is 4.29. The van der Waals surface area contributed by atoms with E-state index in [2.05, 4.69) is 30.9 Å². The Labute approximate surface area is 184 Å². The lowest BCUT2D eigenvalue weighted by atomic mass is 9.98. The highest BCUT2D eigenvalue weighted by Gasteiger charge is 2.38. The highest BCUT2D eigenvalue weighted by atomic mass is 79.9. The van der Waals surface area contributed by atoms with E-state index in [1.54, 1.807) is 47.6 Å². The first kappa shape index (κ1) is 19.5. The van der Waals surface area contributed by atoms with E-state index in [0.717, 1.165) is 5.69 Å². The van der Waals surface area contributed by atoms with Crippen LogP contribution in [0.2, 0.25) is 0 Å². The van der Waals surface area contributed by atoms with E-state index in [-0.39, 0.29) is 17.3 Å². The number of carbonyl (C=O) groups is 1. The maximum Gasteiger partial charge on any atom is 0.258 e. The predicted molar refractivity (Wildman–Crippen MR) is 116 cm³/mol. The summed E-state index contributed by atoms with van der Waals surface area (Å²) in [5, 5.41) is 0.357. The molecule has 0 bridgehead atoms. The topological polar surface area (TPSA) is 101 Å². The van der Waals surface area contributed by atoms with Crippen LogP contribution < -0.4 is 5.73 Å². The molecule has 4 heterocycles. The average molecular weight is 482 g/mol. The van der Waals surface area contributed by atoms with E-state index < -0.39 is 6.04 Å². The van der Waals surface area contributed by atoms with Gasteiger partial charge in [0, 0.05) is 24.9 Å². The Morgan fingerprint density at radius 1 is 1.32 bits per heavy atom. The number of amides is 1. The van der Waals surface area contributed by atoms with Crippen molar-refractivity contribution in [2.45, 2.75) is 12.5 Å².